The first-order valence-electron chi connectivity index (χ1n) is 7.39. The number of benzene rings is 2. The number of carboxylic acids is 1. The first kappa shape index (κ1) is 16.1. The lowest BCUT2D eigenvalue weighted by molar-refractivity contribution is -0.145. The molecule has 116 valence electrons. The Bertz CT molecular complexity index is 649. The lowest BCUT2D eigenvalue weighted by Gasteiger charge is -2.18. The summed E-state index contributed by atoms with van der Waals surface area (Å²) in [5.41, 5.74) is 5.35. The van der Waals surface area contributed by atoms with E-state index < -0.39 is 12.1 Å². The van der Waals surface area contributed by atoms with Gasteiger partial charge in [-0.2, -0.15) is 0 Å². The van der Waals surface area contributed by atoms with Crippen LogP contribution in [-0.2, 0) is 11.2 Å². The number of hydrogen-bond donors (Lipinski definition) is 1. The van der Waals surface area contributed by atoms with Crippen LogP contribution >= 0.6 is 0 Å². The molecule has 0 amide bonds. The average Bonchev–Trinajstić information content (AvgIpc) is 2.40. The fourth-order valence-electron chi connectivity index (χ4n) is 2.70. The van der Waals surface area contributed by atoms with Crippen molar-refractivity contribution in [1.29, 1.82) is 0 Å². The van der Waals surface area contributed by atoms with E-state index in [0.717, 1.165) is 27.8 Å². The van der Waals surface area contributed by atoms with Crippen molar-refractivity contribution in [2.45, 2.75) is 40.2 Å². The molecule has 3 heteroatoms. The molecule has 0 aliphatic carbocycles. The van der Waals surface area contributed by atoms with Gasteiger partial charge in [-0.3, -0.25) is 0 Å². The van der Waals surface area contributed by atoms with E-state index in [1.54, 1.807) is 0 Å². The molecule has 1 unspecified atom stereocenters. The predicted octanol–water partition coefficient (Wildman–Crippen LogP) is 3.99. The predicted molar refractivity (Wildman–Crippen MR) is 87.6 cm³/mol. The molecule has 3 nitrogen and oxygen atoms in total. The van der Waals surface area contributed by atoms with Gasteiger partial charge in [0, 0.05) is 6.42 Å². The molecule has 2 aromatic carbocycles. The van der Waals surface area contributed by atoms with Gasteiger partial charge in [-0.15, -0.1) is 0 Å². The minimum absolute atomic E-state index is 0.362. The van der Waals surface area contributed by atoms with Crippen LogP contribution in [0.2, 0.25) is 0 Å². The summed E-state index contributed by atoms with van der Waals surface area (Å²) in [5.74, 6) is -0.335. The van der Waals surface area contributed by atoms with Gasteiger partial charge in [0.15, 0.2) is 6.10 Å². The SMILES string of the molecule is Cc1cc(C)cc(OC(Cc2c(C)cccc2C)C(=O)O)c1. The normalized spacial score (nSPS) is 12.0. The molecular weight excluding hydrogens is 276 g/mol. The molecule has 0 heterocycles. The molecule has 0 fully saturated rings. The van der Waals surface area contributed by atoms with Crippen molar-refractivity contribution < 1.29 is 14.6 Å². The summed E-state index contributed by atoms with van der Waals surface area (Å²) >= 11 is 0. The van der Waals surface area contributed by atoms with Crippen LogP contribution in [-0.4, -0.2) is 17.2 Å². The smallest absolute Gasteiger partial charge is 0.345 e. The summed E-state index contributed by atoms with van der Waals surface area (Å²) in [5, 5.41) is 9.49. The molecule has 0 saturated heterocycles. The Morgan fingerprint density at radius 2 is 1.59 bits per heavy atom. The number of carboxylic acid groups (broad SMARTS) is 1. The quantitative estimate of drug-likeness (QED) is 0.907. The van der Waals surface area contributed by atoms with Crippen molar-refractivity contribution in [3.8, 4) is 5.75 Å². The third-order valence-corrected chi connectivity index (χ3v) is 3.78. The highest BCUT2D eigenvalue weighted by molar-refractivity contribution is 5.73. The summed E-state index contributed by atoms with van der Waals surface area (Å²) in [7, 11) is 0. The molecule has 0 spiro atoms. The second kappa shape index (κ2) is 6.65. The molecule has 0 radical (unpaired) electrons. The van der Waals surface area contributed by atoms with Crippen molar-refractivity contribution in [1.82, 2.24) is 0 Å². The van der Waals surface area contributed by atoms with Crippen molar-refractivity contribution in [2.24, 2.45) is 0 Å². The van der Waals surface area contributed by atoms with Crippen LogP contribution in [0.3, 0.4) is 0 Å². The molecule has 0 bridgehead atoms. The van der Waals surface area contributed by atoms with E-state index >= 15 is 0 Å². The maximum atomic E-state index is 11.6. The molecule has 0 aliphatic heterocycles. The minimum Gasteiger partial charge on any atom is -0.478 e. The third kappa shape index (κ3) is 3.88. The lowest BCUT2D eigenvalue weighted by Crippen LogP contribution is -2.30. The maximum absolute atomic E-state index is 11.6. The van der Waals surface area contributed by atoms with Crippen LogP contribution < -0.4 is 4.74 Å². The highest BCUT2D eigenvalue weighted by Gasteiger charge is 2.22. The van der Waals surface area contributed by atoms with Crippen molar-refractivity contribution in [2.75, 3.05) is 0 Å². The zero-order valence-corrected chi connectivity index (χ0v) is 13.5. The van der Waals surface area contributed by atoms with Gasteiger partial charge < -0.3 is 9.84 Å². The van der Waals surface area contributed by atoms with Crippen LogP contribution in [0.5, 0.6) is 5.75 Å². The lowest BCUT2D eigenvalue weighted by atomic mass is 9.97. The fourth-order valence-corrected chi connectivity index (χ4v) is 2.70. The Balaban J connectivity index is 2.26. The van der Waals surface area contributed by atoms with Crippen LogP contribution in [0.15, 0.2) is 36.4 Å². The second-order valence-corrected chi connectivity index (χ2v) is 5.84. The number of aryl methyl sites for hydroxylation is 4. The number of carbonyl (C=O) groups is 1. The molecule has 0 aliphatic rings. The maximum Gasteiger partial charge on any atom is 0.345 e. The number of rotatable bonds is 5. The van der Waals surface area contributed by atoms with Gasteiger partial charge in [-0.1, -0.05) is 24.3 Å². The summed E-state index contributed by atoms with van der Waals surface area (Å²) in [6.07, 6.45) is -0.526. The molecule has 2 aromatic rings. The first-order chi connectivity index (χ1) is 10.4. The van der Waals surface area contributed by atoms with Crippen molar-refractivity contribution in [3.05, 3.63) is 64.2 Å². The molecule has 1 atom stereocenters. The van der Waals surface area contributed by atoms with Gasteiger partial charge in [0.2, 0.25) is 0 Å². The van der Waals surface area contributed by atoms with E-state index in [1.165, 1.54) is 0 Å². The van der Waals surface area contributed by atoms with Gasteiger partial charge in [-0.05, 0) is 67.6 Å². The van der Waals surface area contributed by atoms with Crippen LogP contribution in [0, 0.1) is 27.7 Å². The summed E-state index contributed by atoms with van der Waals surface area (Å²) in [4.78, 5) is 11.6. The summed E-state index contributed by atoms with van der Waals surface area (Å²) in [6.45, 7) is 7.94. The Morgan fingerprint density at radius 3 is 2.09 bits per heavy atom. The van der Waals surface area contributed by atoms with E-state index in [1.807, 2.05) is 64.1 Å². The van der Waals surface area contributed by atoms with Crippen LogP contribution in [0.25, 0.3) is 0 Å². The zero-order chi connectivity index (χ0) is 16.3. The molecule has 0 aromatic heterocycles. The van der Waals surface area contributed by atoms with Gasteiger partial charge >= 0.3 is 5.97 Å². The monoisotopic (exact) mass is 298 g/mol. The third-order valence-electron chi connectivity index (χ3n) is 3.78. The van der Waals surface area contributed by atoms with Crippen LogP contribution in [0.4, 0.5) is 0 Å². The Hall–Kier alpha value is -2.29. The molecule has 1 N–H and O–H groups in total. The van der Waals surface area contributed by atoms with E-state index in [4.69, 9.17) is 4.74 Å². The van der Waals surface area contributed by atoms with Gasteiger partial charge in [0.25, 0.3) is 0 Å². The molecular formula is C19H22O3. The molecule has 22 heavy (non-hydrogen) atoms. The molecule has 2 rings (SSSR count). The number of aliphatic carboxylic acids is 1. The Kier molecular flexibility index (Phi) is 4.86. The fraction of sp³-hybridized carbons (Fsp3) is 0.316. The van der Waals surface area contributed by atoms with E-state index in [0.29, 0.717) is 12.2 Å². The van der Waals surface area contributed by atoms with Gasteiger partial charge in [-0.25, -0.2) is 4.79 Å². The second-order valence-electron chi connectivity index (χ2n) is 5.84. The first-order valence-corrected chi connectivity index (χ1v) is 7.39. The highest BCUT2D eigenvalue weighted by atomic mass is 16.5. The standard InChI is InChI=1S/C19H22O3/c1-12-8-13(2)10-16(9-12)22-18(19(20)21)11-17-14(3)6-5-7-15(17)4/h5-10,18H,11H2,1-4H3,(H,20,21). The van der Waals surface area contributed by atoms with Gasteiger partial charge in [0.1, 0.15) is 5.75 Å². The largest absolute Gasteiger partial charge is 0.478 e. The number of hydrogen-bond acceptors (Lipinski definition) is 2. The Labute approximate surface area is 131 Å². The zero-order valence-electron chi connectivity index (χ0n) is 13.5. The topological polar surface area (TPSA) is 46.5 Å². The Morgan fingerprint density at radius 1 is 1.05 bits per heavy atom. The number of ether oxygens (including phenoxy) is 1. The van der Waals surface area contributed by atoms with E-state index in [2.05, 4.69) is 0 Å². The van der Waals surface area contributed by atoms with Crippen LogP contribution in [0.1, 0.15) is 27.8 Å². The van der Waals surface area contributed by atoms with Crippen molar-refractivity contribution >= 4 is 5.97 Å². The van der Waals surface area contributed by atoms with Gasteiger partial charge in [0.05, 0.1) is 0 Å². The van der Waals surface area contributed by atoms with E-state index in [-0.39, 0.29) is 0 Å². The highest BCUT2D eigenvalue weighted by Crippen LogP contribution is 2.21. The summed E-state index contributed by atoms with van der Waals surface area (Å²) < 4.78 is 5.75. The molecule has 0 saturated carbocycles. The summed E-state index contributed by atoms with van der Waals surface area (Å²) in [6, 6.07) is 11.8. The van der Waals surface area contributed by atoms with Crippen molar-refractivity contribution in [3.63, 3.8) is 0 Å². The average molecular weight is 298 g/mol. The minimum atomic E-state index is -0.943. The van der Waals surface area contributed by atoms with E-state index in [9.17, 15) is 9.90 Å².